The van der Waals surface area contributed by atoms with Crippen molar-refractivity contribution in [2.75, 3.05) is 0 Å². The number of ether oxygens (including phenoxy) is 1. The molecule has 1 aromatic rings. The number of carbonyl (C=O) groups excluding carboxylic acids is 1. The Balaban J connectivity index is 1.26. The molecule has 2 nitrogen and oxygen atoms in total. The van der Waals surface area contributed by atoms with Crippen molar-refractivity contribution in [3.8, 4) is 0 Å². The first kappa shape index (κ1) is 29.3. The van der Waals surface area contributed by atoms with Gasteiger partial charge in [0.05, 0.1) is 0 Å². The van der Waals surface area contributed by atoms with Crippen molar-refractivity contribution >= 4 is 12.0 Å². The Morgan fingerprint density at radius 2 is 1.59 bits per heavy atom. The third-order valence-corrected chi connectivity index (χ3v) is 14.8. The van der Waals surface area contributed by atoms with Gasteiger partial charge in [0.25, 0.3) is 0 Å². The summed E-state index contributed by atoms with van der Waals surface area (Å²) in [5.41, 5.74) is 4.25. The molecule has 1 aromatic carbocycles. The largest absolute Gasteiger partial charge is 0.459 e. The van der Waals surface area contributed by atoms with Gasteiger partial charge in [0.15, 0.2) is 0 Å². The Morgan fingerprint density at radius 1 is 0.854 bits per heavy atom. The second-order valence-corrected chi connectivity index (χ2v) is 16.8. The quantitative estimate of drug-likeness (QED) is 0.210. The van der Waals surface area contributed by atoms with Crippen molar-refractivity contribution in [2.45, 2.75) is 119 Å². The van der Waals surface area contributed by atoms with Crippen LogP contribution in [-0.2, 0) is 9.53 Å². The molecule has 0 aliphatic heterocycles. The average Bonchev–Trinajstić information content (AvgIpc) is 2.93. The van der Waals surface area contributed by atoms with Crippen LogP contribution in [0.15, 0.2) is 48.1 Å². The Bertz CT molecular complexity index is 1230. The molecule has 41 heavy (non-hydrogen) atoms. The highest BCUT2D eigenvalue weighted by molar-refractivity contribution is 5.87. The van der Waals surface area contributed by atoms with E-state index in [1.165, 1.54) is 44.9 Å². The van der Waals surface area contributed by atoms with Crippen LogP contribution < -0.4 is 0 Å². The lowest BCUT2D eigenvalue weighted by atomic mass is 9.33. The predicted octanol–water partition coefficient (Wildman–Crippen LogP) is 10.3. The van der Waals surface area contributed by atoms with Crippen molar-refractivity contribution in [3.63, 3.8) is 0 Å². The van der Waals surface area contributed by atoms with Gasteiger partial charge >= 0.3 is 5.97 Å². The monoisotopic (exact) mass is 556 g/mol. The maximum atomic E-state index is 13.0. The molecule has 4 saturated carbocycles. The lowest BCUT2D eigenvalue weighted by molar-refractivity contribution is -0.211. The van der Waals surface area contributed by atoms with Gasteiger partial charge in [0, 0.05) is 11.5 Å². The first-order valence-electron chi connectivity index (χ1n) is 16.9. The smallest absolute Gasteiger partial charge is 0.331 e. The molecule has 0 spiro atoms. The summed E-state index contributed by atoms with van der Waals surface area (Å²) < 4.78 is 6.24. The second-order valence-electron chi connectivity index (χ2n) is 16.8. The van der Waals surface area contributed by atoms with E-state index in [1.54, 1.807) is 6.08 Å². The molecule has 224 valence electrons. The zero-order valence-corrected chi connectivity index (χ0v) is 27.3. The Morgan fingerprint density at radius 3 is 2.32 bits per heavy atom. The van der Waals surface area contributed by atoms with E-state index in [9.17, 15) is 4.79 Å². The summed E-state index contributed by atoms with van der Waals surface area (Å²) in [7, 11) is 0. The van der Waals surface area contributed by atoms with Crippen LogP contribution in [0.25, 0.3) is 6.08 Å². The van der Waals surface area contributed by atoms with Gasteiger partial charge in [0.2, 0.25) is 0 Å². The van der Waals surface area contributed by atoms with Crippen LogP contribution in [0.5, 0.6) is 0 Å². The number of carbonyl (C=O) groups is 1. The van der Waals surface area contributed by atoms with Gasteiger partial charge in [-0.15, -0.1) is 0 Å². The topological polar surface area (TPSA) is 26.3 Å². The van der Waals surface area contributed by atoms with Gasteiger partial charge in [-0.2, -0.15) is 0 Å². The molecular formula is C39H56O2. The molecule has 2 heteroatoms. The van der Waals surface area contributed by atoms with E-state index >= 15 is 0 Å². The summed E-state index contributed by atoms with van der Waals surface area (Å²) in [4.78, 5) is 13.0. The Kier molecular flexibility index (Phi) is 7.03. The maximum absolute atomic E-state index is 13.0. The lowest BCUT2D eigenvalue weighted by Crippen LogP contribution is -2.65. The van der Waals surface area contributed by atoms with E-state index in [2.05, 4.69) is 61.5 Å². The van der Waals surface area contributed by atoms with Crippen LogP contribution in [0, 0.1) is 56.7 Å². The zero-order chi connectivity index (χ0) is 29.4. The SMILES string of the molecule is C[C@H]1[C@H](C)CC[C@]2(C)CC[C@]3(C)C(=CC[C@@H]4[C@]5(C)CC[C@H](OC(=O)C=Cc6ccccc6)C(C)(C)[C@@H]5CC[C@]43C)[C@@H]12. The molecule has 0 radical (unpaired) electrons. The summed E-state index contributed by atoms with van der Waals surface area (Å²) in [5.74, 6) is 3.43. The van der Waals surface area contributed by atoms with Gasteiger partial charge < -0.3 is 4.74 Å². The summed E-state index contributed by atoms with van der Waals surface area (Å²) in [5, 5.41) is 0. The summed E-state index contributed by atoms with van der Waals surface area (Å²) in [6.45, 7) is 20.6. The van der Waals surface area contributed by atoms with Crippen LogP contribution in [0.1, 0.15) is 119 Å². The Hall–Kier alpha value is -1.83. The summed E-state index contributed by atoms with van der Waals surface area (Å²) >= 11 is 0. The van der Waals surface area contributed by atoms with Crippen molar-refractivity contribution in [1.29, 1.82) is 0 Å². The predicted molar refractivity (Wildman–Crippen MR) is 170 cm³/mol. The molecule has 0 N–H and O–H groups in total. The number of fused-ring (bicyclic) bond motifs is 7. The molecule has 0 saturated heterocycles. The number of esters is 1. The molecule has 4 fully saturated rings. The molecule has 5 aliphatic carbocycles. The summed E-state index contributed by atoms with van der Waals surface area (Å²) in [6.07, 6.45) is 17.8. The third kappa shape index (κ3) is 4.27. The molecule has 0 amide bonds. The van der Waals surface area contributed by atoms with Gasteiger partial charge in [-0.1, -0.05) is 97.4 Å². The van der Waals surface area contributed by atoms with E-state index in [1.807, 2.05) is 42.0 Å². The van der Waals surface area contributed by atoms with Crippen LogP contribution in [0.4, 0.5) is 0 Å². The van der Waals surface area contributed by atoms with Gasteiger partial charge in [-0.05, 0) is 121 Å². The minimum Gasteiger partial charge on any atom is -0.459 e. The Labute approximate surface area is 250 Å². The molecule has 0 aromatic heterocycles. The van der Waals surface area contributed by atoms with Crippen LogP contribution in [0.3, 0.4) is 0 Å². The third-order valence-electron chi connectivity index (χ3n) is 14.8. The number of hydrogen-bond acceptors (Lipinski definition) is 2. The van der Waals surface area contributed by atoms with E-state index in [0.717, 1.165) is 36.2 Å². The molecule has 0 unspecified atom stereocenters. The van der Waals surface area contributed by atoms with Crippen molar-refractivity contribution < 1.29 is 9.53 Å². The maximum Gasteiger partial charge on any atom is 0.331 e. The molecule has 0 heterocycles. The fourth-order valence-corrected chi connectivity index (χ4v) is 11.9. The molecule has 6 rings (SSSR count). The standard InChI is InChI=1S/C39H56O2/c1-26-18-21-36(5)24-25-38(7)29(34(36)27(26)2)15-16-31-37(6)22-20-32(35(3,4)30(37)19-23-39(31,38)8)41-33(40)17-14-28-12-10-9-11-13-28/h9-15,17,26-27,30-32,34H,16,18-25H2,1-8H3/t26-,27+,30+,31-,32+,34-,36-,37-,38-,39-/m1/s1. The highest BCUT2D eigenvalue weighted by atomic mass is 16.5. The highest BCUT2D eigenvalue weighted by Crippen LogP contribution is 2.75. The molecular weight excluding hydrogens is 500 g/mol. The normalized spacial score (nSPS) is 46.9. The first-order valence-corrected chi connectivity index (χ1v) is 16.9. The summed E-state index contributed by atoms with van der Waals surface area (Å²) in [6, 6.07) is 10.0. The minimum absolute atomic E-state index is 0.0249. The van der Waals surface area contributed by atoms with Gasteiger partial charge in [-0.25, -0.2) is 4.79 Å². The van der Waals surface area contributed by atoms with Crippen LogP contribution >= 0.6 is 0 Å². The number of rotatable bonds is 3. The number of allylic oxidation sites excluding steroid dienone is 2. The number of hydrogen-bond donors (Lipinski definition) is 0. The minimum atomic E-state index is -0.199. The van der Waals surface area contributed by atoms with Crippen molar-refractivity contribution in [1.82, 2.24) is 0 Å². The van der Waals surface area contributed by atoms with E-state index in [4.69, 9.17) is 4.74 Å². The van der Waals surface area contributed by atoms with E-state index in [-0.39, 0.29) is 22.9 Å². The van der Waals surface area contributed by atoms with Crippen LogP contribution in [0.2, 0.25) is 0 Å². The van der Waals surface area contributed by atoms with Gasteiger partial charge in [-0.3, -0.25) is 0 Å². The lowest BCUT2D eigenvalue weighted by Gasteiger charge is -2.71. The molecule has 10 atom stereocenters. The zero-order valence-electron chi connectivity index (χ0n) is 27.3. The molecule has 0 bridgehead atoms. The average molecular weight is 557 g/mol. The first-order chi connectivity index (χ1) is 19.3. The van der Waals surface area contributed by atoms with Crippen molar-refractivity contribution in [2.24, 2.45) is 56.7 Å². The fraction of sp³-hybridized carbons (Fsp3) is 0.718. The molecule has 5 aliphatic rings. The second kappa shape index (κ2) is 9.85. The van der Waals surface area contributed by atoms with Crippen LogP contribution in [-0.4, -0.2) is 12.1 Å². The van der Waals surface area contributed by atoms with E-state index < -0.39 is 0 Å². The van der Waals surface area contributed by atoms with Crippen molar-refractivity contribution in [3.05, 3.63) is 53.6 Å². The highest BCUT2D eigenvalue weighted by Gasteiger charge is 2.68. The van der Waals surface area contributed by atoms with E-state index in [0.29, 0.717) is 28.1 Å². The van der Waals surface area contributed by atoms with Gasteiger partial charge in [0.1, 0.15) is 6.10 Å². The fourth-order valence-electron chi connectivity index (χ4n) is 11.9. The number of benzene rings is 1.